The summed E-state index contributed by atoms with van der Waals surface area (Å²) in [7, 11) is 1.62. The van der Waals surface area contributed by atoms with Crippen LogP contribution >= 0.6 is 0 Å². The number of para-hydroxylation sites is 1. The maximum absolute atomic E-state index is 12.7. The van der Waals surface area contributed by atoms with E-state index < -0.39 is 5.41 Å². The van der Waals surface area contributed by atoms with Crippen LogP contribution in [0.5, 0.6) is 5.75 Å². The number of benzene rings is 1. The van der Waals surface area contributed by atoms with Gasteiger partial charge in [0, 0.05) is 11.6 Å². The van der Waals surface area contributed by atoms with Crippen molar-refractivity contribution in [3.63, 3.8) is 0 Å². The molecule has 1 aromatic carbocycles. The van der Waals surface area contributed by atoms with Crippen LogP contribution in [0.4, 0.5) is 0 Å². The predicted molar refractivity (Wildman–Crippen MR) is 82.4 cm³/mol. The molecule has 1 saturated carbocycles. The largest absolute Gasteiger partial charge is 0.496 e. The lowest BCUT2D eigenvalue weighted by atomic mass is 9.82. The number of carbonyl (C=O) groups is 1. The number of aliphatic hydroxyl groups is 1. The minimum absolute atomic E-state index is 0.00777. The molecular weight excluding hydrogens is 266 g/mol. The van der Waals surface area contributed by atoms with E-state index in [1.807, 2.05) is 38.1 Å². The van der Waals surface area contributed by atoms with Crippen molar-refractivity contribution < 1.29 is 14.6 Å². The first-order valence-corrected chi connectivity index (χ1v) is 7.57. The van der Waals surface area contributed by atoms with Gasteiger partial charge in [-0.1, -0.05) is 18.2 Å². The minimum atomic E-state index is -0.650. The van der Waals surface area contributed by atoms with Gasteiger partial charge in [-0.2, -0.15) is 0 Å². The highest BCUT2D eigenvalue weighted by atomic mass is 16.5. The molecule has 116 valence electrons. The van der Waals surface area contributed by atoms with E-state index in [-0.39, 0.29) is 18.1 Å². The summed E-state index contributed by atoms with van der Waals surface area (Å²) in [6.07, 6.45) is 3.00. The molecule has 21 heavy (non-hydrogen) atoms. The van der Waals surface area contributed by atoms with Crippen molar-refractivity contribution in [3.05, 3.63) is 29.8 Å². The van der Waals surface area contributed by atoms with Crippen LogP contribution in [0.15, 0.2) is 24.3 Å². The van der Waals surface area contributed by atoms with Crippen LogP contribution in [0.2, 0.25) is 0 Å². The highest BCUT2D eigenvalue weighted by Gasteiger charge is 2.34. The van der Waals surface area contributed by atoms with Crippen LogP contribution in [0.25, 0.3) is 0 Å². The van der Waals surface area contributed by atoms with E-state index in [4.69, 9.17) is 4.74 Å². The third-order valence-corrected chi connectivity index (χ3v) is 4.38. The van der Waals surface area contributed by atoms with Gasteiger partial charge in [-0.05, 0) is 45.6 Å². The van der Waals surface area contributed by atoms with Gasteiger partial charge in [0.2, 0.25) is 5.91 Å². The first-order chi connectivity index (χ1) is 9.95. The number of nitrogens with one attached hydrogen (secondary N) is 1. The molecule has 0 bridgehead atoms. The zero-order chi connectivity index (χ0) is 15.5. The second kappa shape index (κ2) is 6.48. The minimum Gasteiger partial charge on any atom is -0.496 e. The van der Waals surface area contributed by atoms with E-state index in [0.717, 1.165) is 37.0 Å². The van der Waals surface area contributed by atoms with Crippen LogP contribution in [0.1, 0.15) is 45.1 Å². The van der Waals surface area contributed by atoms with E-state index in [0.29, 0.717) is 0 Å². The third-order valence-electron chi connectivity index (χ3n) is 4.38. The van der Waals surface area contributed by atoms with E-state index in [9.17, 15) is 9.90 Å². The van der Waals surface area contributed by atoms with Crippen LogP contribution in [-0.2, 0) is 10.2 Å². The second-order valence-corrected chi connectivity index (χ2v) is 6.30. The Balaban J connectivity index is 2.09. The van der Waals surface area contributed by atoms with Crippen molar-refractivity contribution in [2.75, 3.05) is 7.11 Å². The second-order valence-electron chi connectivity index (χ2n) is 6.30. The number of carbonyl (C=O) groups excluding carboxylic acids is 1. The van der Waals surface area contributed by atoms with Gasteiger partial charge < -0.3 is 15.2 Å². The van der Waals surface area contributed by atoms with Crippen molar-refractivity contribution in [2.45, 2.75) is 57.1 Å². The van der Waals surface area contributed by atoms with Crippen molar-refractivity contribution in [1.29, 1.82) is 0 Å². The summed E-state index contributed by atoms with van der Waals surface area (Å²) in [6, 6.07) is 7.79. The Hall–Kier alpha value is -1.55. The maximum Gasteiger partial charge on any atom is 0.230 e. The van der Waals surface area contributed by atoms with Gasteiger partial charge >= 0.3 is 0 Å². The molecule has 0 spiro atoms. The monoisotopic (exact) mass is 291 g/mol. The number of aliphatic hydroxyl groups excluding tert-OH is 1. The lowest BCUT2D eigenvalue weighted by Crippen LogP contribution is -2.46. The van der Waals surface area contributed by atoms with Crippen molar-refractivity contribution in [2.24, 2.45) is 0 Å². The average molecular weight is 291 g/mol. The van der Waals surface area contributed by atoms with Crippen molar-refractivity contribution in [3.8, 4) is 5.75 Å². The number of rotatable bonds is 4. The van der Waals surface area contributed by atoms with Gasteiger partial charge in [-0.25, -0.2) is 0 Å². The Kier molecular flexibility index (Phi) is 4.88. The summed E-state index contributed by atoms with van der Waals surface area (Å²) in [5, 5.41) is 12.7. The van der Waals surface area contributed by atoms with Gasteiger partial charge in [0.25, 0.3) is 0 Å². The molecular formula is C17H25NO3. The summed E-state index contributed by atoms with van der Waals surface area (Å²) < 4.78 is 5.37. The molecule has 1 amide bonds. The Labute approximate surface area is 126 Å². The summed E-state index contributed by atoms with van der Waals surface area (Å²) in [5.41, 5.74) is 0.240. The lowest BCUT2D eigenvalue weighted by Gasteiger charge is -2.31. The molecule has 4 heteroatoms. The summed E-state index contributed by atoms with van der Waals surface area (Å²) in [5.74, 6) is 0.741. The number of hydrogen-bond acceptors (Lipinski definition) is 3. The zero-order valence-electron chi connectivity index (χ0n) is 13.1. The highest BCUT2D eigenvalue weighted by molar-refractivity contribution is 5.88. The van der Waals surface area contributed by atoms with Crippen LogP contribution in [0, 0.1) is 0 Å². The molecule has 1 aliphatic rings. The molecule has 2 rings (SSSR count). The van der Waals surface area contributed by atoms with E-state index >= 15 is 0 Å². The fourth-order valence-corrected chi connectivity index (χ4v) is 2.87. The maximum atomic E-state index is 12.7. The number of amides is 1. The molecule has 1 aliphatic carbocycles. The molecule has 2 N–H and O–H groups in total. The topological polar surface area (TPSA) is 58.6 Å². The quantitative estimate of drug-likeness (QED) is 0.895. The smallest absolute Gasteiger partial charge is 0.230 e. The third kappa shape index (κ3) is 3.56. The lowest BCUT2D eigenvalue weighted by molar-refractivity contribution is -0.126. The first kappa shape index (κ1) is 15.8. The fraction of sp³-hybridized carbons (Fsp3) is 0.588. The number of methoxy groups -OCH3 is 1. The molecule has 0 saturated heterocycles. The highest BCUT2D eigenvalue weighted by Crippen LogP contribution is 2.32. The van der Waals surface area contributed by atoms with E-state index in [1.165, 1.54) is 0 Å². The van der Waals surface area contributed by atoms with E-state index in [2.05, 4.69) is 5.32 Å². The SMILES string of the molecule is COc1ccccc1C(C)(C)C(=O)NC1CCC(O)CC1. The Morgan fingerprint density at radius 2 is 1.86 bits per heavy atom. The molecule has 0 radical (unpaired) electrons. The molecule has 0 heterocycles. The molecule has 4 nitrogen and oxygen atoms in total. The predicted octanol–water partition coefficient (Wildman–Crippen LogP) is 2.39. The Morgan fingerprint density at radius 1 is 1.24 bits per heavy atom. The Bertz CT molecular complexity index is 491. The standard InChI is InChI=1S/C17H25NO3/c1-17(2,14-6-4-5-7-15(14)21-3)16(20)18-12-8-10-13(19)11-9-12/h4-7,12-13,19H,8-11H2,1-3H3,(H,18,20). The Morgan fingerprint density at radius 3 is 2.48 bits per heavy atom. The van der Waals surface area contributed by atoms with Crippen molar-refractivity contribution in [1.82, 2.24) is 5.32 Å². The summed E-state index contributed by atoms with van der Waals surface area (Å²) >= 11 is 0. The number of hydrogen-bond donors (Lipinski definition) is 2. The average Bonchev–Trinajstić information content (AvgIpc) is 2.49. The van der Waals surface area contributed by atoms with Gasteiger partial charge in [-0.15, -0.1) is 0 Å². The van der Waals surface area contributed by atoms with Crippen LogP contribution in [-0.4, -0.2) is 30.3 Å². The summed E-state index contributed by atoms with van der Waals surface area (Å²) in [6.45, 7) is 3.83. The van der Waals surface area contributed by atoms with Crippen LogP contribution in [0.3, 0.4) is 0 Å². The normalized spacial score (nSPS) is 22.7. The molecule has 0 aromatic heterocycles. The zero-order valence-corrected chi connectivity index (χ0v) is 13.1. The first-order valence-electron chi connectivity index (χ1n) is 7.57. The van der Waals surface area contributed by atoms with Crippen molar-refractivity contribution >= 4 is 5.91 Å². The summed E-state index contributed by atoms with van der Waals surface area (Å²) in [4.78, 5) is 12.7. The van der Waals surface area contributed by atoms with Gasteiger partial charge in [0.15, 0.2) is 0 Å². The van der Waals surface area contributed by atoms with Gasteiger partial charge in [-0.3, -0.25) is 4.79 Å². The van der Waals surface area contributed by atoms with E-state index in [1.54, 1.807) is 7.11 Å². The number of ether oxygens (including phenoxy) is 1. The van der Waals surface area contributed by atoms with Gasteiger partial charge in [0.05, 0.1) is 18.6 Å². The molecule has 0 unspecified atom stereocenters. The molecule has 1 fully saturated rings. The van der Waals surface area contributed by atoms with Gasteiger partial charge in [0.1, 0.15) is 5.75 Å². The molecule has 0 aliphatic heterocycles. The fourth-order valence-electron chi connectivity index (χ4n) is 2.87. The molecule has 1 aromatic rings. The van der Waals surface area contributed by atoms with Crippen LogP contribution < -0.4 is 10.1 Å². The molecule has 0 atom stereocenters.